The molecule has 0 aromatic heterocycles. The summed E-state index contributed by atoms with van der Waals surface area (Å²) >= 11 is 5.80. The first-order valence-corrected chi connectivity index (χ1v) is 4.18. The Kier molecular flexibility index (Phi) is 2.16. The number of halogens is 1. The van der Waals surface area contributed by atoms with Crippen LogP contribution in [0.15, 0.2) is 23.5 Å². The maximum Gasteiger partial charge on any atom is 0.102 e. The van der Waals surface area contributed by atoms with Crippen molar-refractivity contribution in [2.75, 3.05) is 0 Å². The molecule has 1 aliphatic rings. The molecule has 68 valence electrons. The van der Waals surface area contributed by atoms with Crippen LogP contribution >= 0.6 is 11.6 Å². The minimum absolute atomic E-state index is 0.361. The Morgan fingerprint density at radius 2 is 2.31 bits per heavy atom. The fourth-order valence-corrected chi connectivity index (χ4v) is 1.47. The topological polar surface area (TPSA) is 41.9 Å². The summed E-state index contributed by atoms with van der Waals surface area (Å²) in [5.41, 5.74) is 2.03. The molecule has 2 rings (SSSR count). The van der Waals surface area contributed by atoms with E-state index in [1.54, 1.807) is 6.07 Å². The van der Waals surface area contributed by atoms with Gasteiger partial charge in [0.1, 0.15) is 6.61 Å². The smallest absolute Gasteiger partial charge is 0.102 e. The number of nitroso groups, excluding NO2 is 1. The molecule has 0 saturated carbocycles. The third-order valence-electron chi connectivity index (χ3n) is 1.93. The number of fused-ring (bicyclic) bond motifs is 1. The number of rotatable bonds is 1. The summed E-state index contributed by atoms with van der Waals surface area (Å²) in [7, 11) is 0. The zero-order chi connectivity index (χ0) is 9.26. The molecule has 0 aliphatic carbocycles. The molecule has 0 unspecified atom stereocenters. The van der Waals surface area contributed by atoms with Crippen LogP contribution in [0.3, 0.4) is 0 Å². The van der Waals surface area contributed by atoms with Crippen molar-refractivity contribution >= 4 is 11.6 Å². The second kappa shape index (κ2) is 3.32. The van der Waals surface area contributed by atoms with Crippen LogP contribution in [0.2, 0.25) is 5.02 Å². The van der Waals surface area contributed by atoms with E-state index in [2.05, 4.69) is 5.29 Å². The van der Waals surface area contributed by atoms with Gasteiger partial charge >= 0.3 is 0 Å². The lowest BCUT2D eigenvalue weighted by molar-refractivity contribution is -0.188. The normalized spacial score (nSPS) is 15.3. The number of hydrogen-bond acceptors (Lipinski definition) is 3. The van der Waals surface area contributed by atoms with Crippen molar-refractivity contribution < 1.29 is 4.84 Å². The minimum Gasteiger partial charge on any atom is -0.249 e. The van der Waals surface area contributed by atoms with Gasteiger partial charge in [-0.15, -0.1) is 10.1 Å². The van der Waals surface area contributed by atoms with E-state index >= 15 is 0 Å². The highest BCUT2D eigenvalue weighted by Crippen LogP contribution is 2.23. The van der Waals surface area contributed by atoms with E-state index < -0.39 is 0 Å². The van der Waals surface area contributed by atoms with Crippen LogP contribution in [-0.2, 0) is 18.0 Å². The van der Waals surface area contributed by atoms with Gasteiger partial charge in [0.15, 0.2) is 0 Å². The molecule has 5 heteroatoms. The molecule has 4 nitrogen and oxygen atoms in total. The SMILES string of the molecule is O=NN1Cc2cc(Cl)ccc2CO1. The molecule has 0 N–H and O–H groups in total. The van der Waals surface area contributed by atoms with E-state index in [0.717, 1.165) is 16.3 Å². The van der Waals surface area contributed by atoms with Crippen molar-refractivity contribution in [1.82, 2.24) is 5.17 Å². The first-order chi connectivity index (χ1) is 6.29. The molecular formula is C8H7ClN2O2. The Bertz CT molecular complexity index is 343. The van der Waals surface area contributed by atoms with E-state index in [0.29, 0.717) is 18.2 Å². The van der Waals surface area contributed by atoms with Gasteiger partial charge in [-0.2, -0.15) is 0 Å². The quantitative estimate of drug-likeness (QED) is 0.650. The third kappa shape index (κ3) is 1.64. The number of hydrogen-bond donors (Lipinski definition) is 0. The lowest BCUT2D eigenvalue weighted by atomic mass is 10.1. The summed E-state index contributed by atoms with van der Waals surface area (Å²) in [6, 6.07) is 5.51. The summed E-state index contributed by atoms with van der Waals surface area (Å²) in [6.07, 6.45) is 0. The summed E-state index contributed by atoms with van der Waals surface area (Å²) in [4.78, 5) is 15.2. The Morgan fingerprint density at radius 1 is 1.46 bits per heavy atom. The molecule has 0 atom stereocenters. The van der Waals surface area contributed by atoms with Gasteiger partial charge in [-0.1, -0.05) is 17.7 Å². The molecule has 0 amide bonds. The highest BCUT2D eigenvalue weighted by Gasteiger charge is 2.16. The van der Waals surface area contributed by atoms with Crippen LogP contribution in [-0.4, -0.2) is 5.17 Å². The van der Waals surface area contributed by atoms with E-state index in [4.69, 9.17) is 16.4 Å². The molecule has 1 aliphatic heterocycles. The van der Waals surface area contributed by atoms with Gasteiger partial charge in [-0.3, -0.25) is 0 Å². The van der Waals surface area contributed by atoms with Crippen LogP contribution < -0.4 is 0 Å². The maximum absolute atomic E-state index is 10.2. The number of nitrogens with zero attached hydrogens (tertiary/aromatic N) is 2. The maximum atomic E-state index is 10.2. The van der Waals surface area contributed by atoms with Crippen molar-refractivity contribution in [3.63, 3.8) is 0 Å². The van der Waals surface area contributed by atoms with Gasteiger partial charge in [0, 0.05) is 5.02 Å². The first-order valence-electron chi connectivity index (χ1n) is 3.80. The molecule has 0 spiro atoms. The van der Waals surface area contributed by atoms with Crippen LogP contribution in [0.1, 0.15) is 11.1 Å². The lowest BCUT2D eigenvalue weighted by Gasteiger charge is -2.22. The minimum atomic E-state index is 0.361. The fourth-order valence-electron chi connectivity index (χ4n) is 1.27. The van der Waals surface area contributed by atoms with Crippen molar-refractivity contribution in [3.05, 3.63) is 39.3 Å². The van der Waals surface area contributed by atoms with Crippen molar-refractivity contribution in [3.8, 4) is 0 Å². The molecule has 0 bridgehead atoms. The Balaban J connectivity index is 2.32. The van der Waals surface area contributed by atoms with Crippen LogP contribution in [0.4, 0.5) is 0 Å². The average Bonchev–Trinajstić information content (AvgIpc) is 2.16. The van der Waals surface area contributed by atoms with Crippen LogP contribution in [0, 0.1) is 4.91 Å². The predicted molar refractivity (Wildman–Crippen MR) is 47.6 cm³/mol. The van der Waals surface area contributed by atoms with Gasteiger partial charge in [-0.05, 0) is 23.3 Å². The van der Waals surface area contributed by atoms with Gasteiger partial charge in [-0.25, -0.2) is 4.84 Å². The average molecular weight is 199 g/mol. The molecule has 1 aromatic carbocycles. The van der Waals surface area contributed by atoms with Crippen molar-refractivity contribution in [2.24, 2.45) is 5.29 Å². The highest BCUT2D eigenvalue weighted by molar-refractivity contribution is 6.30. The van der Waals surface area contributed by atoms with Gasteiger partial charge in [0.25, 0.3) is 0 Å². The fraction of sp³-hybridized carbons (Fsp3) is 0.250. The van der Waals surface area contributed by atoms with E-state index in [-0.39, 0.29) is 0 Å². The summed E-state index contributed by atoms with van der Waals surface area (Å²) in [5, 5.41) is 4.37. The Hall–Kier alpha value is -1.13. The van der Waals surface area contributed by atoms with Crippen LogP contribution in [0.25, 0.3) is 0 Å². The summed E-state index contributed by atoms with van der Waals surface area (Å²) < 4.78 is 0. The predicted octanol–water partition coefficient (Wildman–Crippen LogP) is 2.27. The molecule has 0 saturated heterocycles. The molecule has 13 heavy (non-hydrogen) atoms. The Labute approximate surface area is 80.0 Å². The largest absolute Gasteiger partial charge is 0.249 e. The standard InChI is InChI=1S/C8H7ClN2O2/c9-8-2-1-6-5-13-11(10-12)4-7(6)3-8/h1-3H,4-5H2. The lowest BCUT2D eigenvalue weighted by Crippen LogP contribution is -2.22. The summed E-state index contributed by atoms with van der Waals surface area (Å²) in [5.74, 6) is 0. The van der Waals surface area contributed by atoms with E-state index in [1.165, 1.54) is 0 Å². The molecular weight excluding hydrogens is 192 g/mol. The van der Waals surface area contributed by atoms with Crippen molar-refractivity contribution in [2.45, 2.75) is 13.2 Å². The van der Waals surface area contributed by atoms with Gasteiger partial charge in [0.05, 0.1) is 11.8 Å². The molecule has 0 radical (unpaired) electrons. The Morgan fingerprint density at radius 3 is 3.08 bits per heavy atom. The highest BCUT2D eigenvalue weighted by atomic mass is 35.5. The first kappa shape index (κ1) is 8.47. The number of hydroxylamine groups is 1. The zero-order valence-electron chi connectivity index (χ0n) is 6.74. The van der Waals surface area contributed by atoms with Crippen LogP contribution in [0.5, 0.6) is 0 Å². The zero-order valence-corrected chi connectivity index (χ0v) is 7.49. The van der Waals surface area contributed by atoms with Crippen molar-refractivity contribution in [1.29, 1.82) is 0 Å². The van der Waals surface area contributed by atoms with E-state index in [9.17, 15) is 4.91 Å². The number of benzene rings is 1. The second-order valence-corrected chi connectivity index (χ2v) is 3.21. The molecule has 1 heterocycles. The van der Waals surface area contributed by atoms with Gasteiger partial charge < -0.3 is 0 Å². The monoisotopic (exact) mass is 198 g/mol. The second-order valence-electron chi connectivity index (χ2n) is 2.78. The molecule has 0 fully saturated rings. The third-order valence-corrected chi connectivity index (χ3v) is 2.17. The van der Waals surface area contributed by atoms with Gasteiger partial charge in [0.2, 0.25) is 0 Å². The molecule has 1 aromatic rings. The van der Waals surface area contributed by atoms with E-state index in [1.807, 2.05) is 12.1 Å². The summed E-state index contributed by atoms with van der Waals surface area (Å²) in [6.45, 7) is 0.734.